The molecule has 1 aliphatic carbocycles. The van der Waals surface area contributed by atoms with Crippen molar-refractivity contribution < 1.29 is 24.5 Å². The van der Waals surface area contributed by atoms with Crippen molar-refractivity contribution in [3.8, 4) is 0 Å². The first-order valence-corrected chi connectivity index (χ1v) is 6.47. The van der Waals surface area contributed by atoms with Gasteiger partial charge in [0.2, 0.25) is 0 Å². The lowest BCUT2D eigenvalue weighted by Crippen LogP contribution is -2.53. The molecule has 0 radical (unpaired) electrons. The third kappa shape index (κ3) is 4.68. The van der Waals surface area contributed by atoms with E-state index in [1.165, 1.54) is 12.0 Å². The Balaban J connectivity index is 2.66. The van der Waals surface area contributed by atoms with Gasteiger partial charge >= 0.3 is 12.0 Å². The average Bonchev–Trinajstić information content (AvgIpc) is 2.30. The Kier molecular flexibility index (Phi) is 6.58. The van der Waals surface area contributed by atoms with Crippen molar-refractivity contribution in [2.45, 2.75) is 25.3 Å². The smallest absolute Gasteiger partial charge is 0.323 e. The highest BCUT2D eigenvalue weighted by Gasteiger charge is 2.31. The molecule has 0 spiro atoms. The van der Waals surface area contributed by atoms with E-state index < -0.39 is 5.97 Å². The number of aliphatic hydroxyl groups excluding tert-OH is 1. The minimum Gasteiger partial charge on any atom is -0.480 e. The van der Waals surface area contributed by atoms with Crippen LogP contribution in [0.3, 0.4) is 0 Å². The van der Waals surface area contributed by atoms with Crippen molar-refractivity contribution in [2.75, 3.05) is 40.0 Å². The first kappa shape index (κ1) is 15.7. The zero-order valence-corrected chi connectivity index (χ0v) is 11.2. The van der Waals surface area contributed by atoms with Crippen LogP contribution in [-0.4, -0.2) is 78.0 Å². The van der Waals surface area contributed by atoms with Gasteiger partial charge < -0.3 is 24.7 Å². The summed E-state index contributed by atoms with van der Waals surface area (Å²) < 4.78 is 4.89. The van der Waals surface area contributed by atoms with Crippen LogP contribution in [-0.2, 0) is 9.53 Å². The second-order valence-corrected chi connectivity index (χ2v) is 4.59. The summed E-state index contributed by atoms with van der Waals surface area (Å²) in [6.45, 7) is 0.295. The summed E-state index contributed by atoms with van der Waals surface area (Å²) in [5, 5.41) is 17.9. The second-order valence-electron chi connectivity index (χ2n) is 4.59. The van der Waals surface area contributed by atoms with Gasteiger partial charge in [0, 0.05) is 26.2 Å². The summed E-state index contributed by atoms with van der Waals surface area (Å²) in [5.41, 5.74) is 0. The molecule has 0 unspecified atom stereocenters. The Labute approximate surface area is 112 Å². The molecule has 19 heavy (non-hydrogen) atoms. The topological polar surface area (TPSA) is 90.3 Å². The number of hydrogen-bond donors (Lipinski definition) is 2. The number of aliphatic carboxylic acids is 1. The number of amides is 2. The molecule has 2 amide bonds. The highest BCUT2D eigenvalue weighted by atomic mass is 16.5. The number of ether oxygens (including phenoxy) is 1. The van der Waals surface area contributed by atoms with Crippen LogP contribution in [0.15, 0.2) is 0 Å². The van der Waals surface area contributed by atoms with Gasteiger partial charge in [-0.15, -0.1) is 0 Å². The molecule has 0 aromatic rings. The van der Waals surface area contributed by atoms with Crippen LogP contribution in [0.2, 0.25) is 0 Å². The zero-order chi connectivity index (χ0) is 14.3. The predicted octanol–water partition coefficient (Wildman–Crippen LogP) is -0.0138. The van der Waals surface area contributed by atoms with E-state index in [1.807, 2.05) is 0 Å². The fraction of sp³-hybridized carbons (Fsp3) is 0.833. The van der Waals surface area contributed by atoms with E-state index in [0.717, 1.165) is 19.3 Å². The van der Waals surface area contributed by atoms with Crippen LogP contribution in [0.1, 0.15) is 19.3 Å². The quantitative estimate of drug-likeness (QED) is 0.649. The molecule has 7 nitrogen and oxygen atoms in total. The molecule has 0 saturated heterocycles. The molecule has 7 heteroatoms. The molecule has 1 rings (SSSR count). The van der Waals surface area contributed by atoms with Gasteiger partial charge in [0.15, 0.2) is 0 Å². The van der Waals surface area contributed by atoms with Crippen molar-refractivity contribution in [3.05, 3.63) is 0 Å². The molecular weight excluding hydrogens is 252 g/mol. The van der Waals surface area contributed by atoms with Gasteiger partial charge in [0.25, 0.3) is 0 Å². The molecule has 1 aliphatic rings. The highest BCUT2D eigenvalue weighted by Crippen LogP contribution is 2.25. The third-order valence-corrected chi connectivity index (χ3v) is 3.26. The molecule has 0 atom stereocenters. The number of carboxylic acids is 1. The summed E-state index contributed by atoms with van der Waals surface area (Å²) in [7, 11) is 1.50. The lowest BCUT2D eigenvalue weighted by Gasteiger charge is -2.39. The molecule has 0 aromatic heterocycles. The fourth-order valence-corrected chi connectivity index (χ4v) is 2.03. The minimum absolute atomic E-state index is 0.118. The molecule has 0 aromatic carbocycles. The van der Waals surface area contributed by atoms with E-state index in [9.17, 15) is 9.59 Å². The lowest BCUT2D eigenvalue weighted by molar-refractivity contribution is -0.137. The Morgan fingerprint density at radius 1 is 1.32 bits per heavy atom. The molecule has 2 N–H and O–H groups in total. The number of nitrogens with zero attached hydrogens (tertiary/aromatic N) is 2. The maximum atomic E-state index is 12.3. The number of carbonyl (C=O) groups is 2. The van der Waals surface area contributed by atoms with Crippen molar-refractivity contribution in [1.82, 2.24) is 9.80 Å². The molecule has 1 fully saturated rings. The molecule has 1 saturated carbocycles. The molecule has 0 bridgehead atoms. The second kappa shape index (κ2) is 7.96. The molecule has 110 valence electrons. The van der Waals surface area contributed by atoms with Crippen LogP contribution in [0.4, 0.5) is 4.79 Å². The van der Waals surface area contributed by atoms with E-state index in [1.54, 1.807) is 4.90 Å². The van der Waals surface area contributed by atoms with Gasteiger partial charge in [-0.05, 0) is 19.3 Å². The first-order chi connectivity index (χ1) is 9.10. The Morgan fingerprint density at radius 2 is 2.00 bits per heavy atom. The largest absolute Gasteiger partial charge is 0.480 e. The Morgan fingerprint density at radius 3 is 2.42 bits per heavy atom. The fourth-order valence-electron chi connectivity index (χ4n) is 2.03. The van der Waals surface area contributed by atoms with E-state index in [0.29, 0.717) is 0 Å². The number of urea groups is 1. The van der Waals surface area contributed by atoms with E-state index in [4.69, 9.17) is 14.9 Å². The van der Waals surface area contributed by atoms with E-state index >= 15 is 0 Å². The molecule has 0 aliphatic heterocycles. The highest BCUT2D eigenvalue weighted by molar-refractivity contribution is 5.80. The van der Waals surface area contributed by atoms with Gasteiger partial charge in [-0.3, -0.25) is 4.79 Å². The van der Waals surface area contributed by atoms with Gasteiger partial charge in [-0.1, -0.05) is 0 Å². The van der Waals surface area contributed by atoms with Crippen molar-refractivity contribution in [2.24, 2.45) is 0 Å². The summed E-state index contributed by atoms with van der Waals surface area (Å²) in [6, 6.07) is -0.211. The van der Waals surface area contributed by atoms with Crippen LogP contribution < -0.4 is 0 Å². The standard InChI is InChI=1S/C12H22N2O5/c1-19-8-6-13(9-11(16)17)12(18)14(5-7-15)10-3-2-4-10/h10,15H,2-9H2,1H3,(H,16,17). The van der Waals surface area contributed by atoms with Crippen molar-refractivity contribution in [1.29, 1.82) is 0 Å². The van der Waals surface area contributed by atoms with Gasteiger partial charge in [-0.2, -0.15) is 0 Å². The van der Waals surface area contributed by atoms with Crippen LogP contribution in [0.25, 0.3) is 0 Å². The van der Waals surface area contributed by atoms with E-state index in [-0.39, 0.29) is 44.9 Å². The Hall–Kier alpha value is -1.34. The lowest BCUT2D eigenvalue weighted by atomic mass is 9.91. The maximum Gasteiger partial charge on any atom is 0.323 e. The van der Waals surface area contributed by atoms with Crippen LogP contribution >= 0.6 is 0 Å². The molecular formula is C12H22N2O5. The molecule has 0 heterocycles. The van der Waals surface area contributed by atoms with Crippen LogP contribution in [0, 0.1) is 0 Å². The number of carbonyl (C=O) groups excluding carboxylic acids is 1. The normalized spacial score (nSPS) is 14.8. The maximum absolute atomic E-state index is 12.3. The Bertz CT molecular complexity index is 306. The first-order valence-electron chi connectivity index (χ1n) is 6.47. The van der Waals surface area contributed by atoms with Gasteiger partial charge in [-0.25, -0.2) is 4.79 Å². The van der Waals surface area contributed by atoms with Crippen LogP contribution in [0.5, 0.6) is 0 Å². The van der Waals surface area contributed by atoms with Crippen molar-refractivity contribution in [3.63, 3.8) is 0 Å². The predicted molar refractivity (Wildman–Crippen MR) is 67.9 cm³/mol. The minimum atomic E-state index is -1.05. The zero-order valence-electron chi connectivity index (χ0n) is 11.2. The summed E-state index contributed by atoms with van der Waals surface area (Å²) >= 11 is 0. The monoisotopic (exact) mass is 274 g/mol. The number of methoxy groups -OCH3 is 1. The van der Waals surface area contributed by atoms with E-state index in [2.05, 4.69) is 0 Å². The summed E-state index contributed by atoms with van der Waals surface area (Å²) in [6.07, 6.45) is 2.89. The average molecular weight is 274 g/mol. The summed E-state index contributed by atoms with van der Waals surface area (Å²) in [4.78, 5) is 26.0. The van der Waals surface area contributed by atoms with Gasteiger partial charge in [0.05, 0.1) is 13.2 Å². The number of carboxylic acid groups (broad SMARTS) is 1. The van der Waals surface area contributed by atoms with Crippen molar-refractivity contribution >= 4 is 12.0 Å². The summed E-state index contributed by atoms with van der Waals surface area (Å²) in [5.74, 6) is -1.05. The SMILES string of the molecule is COCCN(CC(=O)O)C(=O)N(CCO)C1CCC1. The number of hydrogen-bond acceptors (Lipinski definition) is 4. The third-order valence-electron chi connectivity index (χ3n) is 3.26. The number of aliphatic hydroxyl groups is 1. The number of rotatable bonds is 8. The van der Waals surface area contributed by atoms with Gasteiger partial charge in [0.1, 0.15) is 6.54 Å².